The average molecular weight is 463 g/mol. The fraction of sp³-hybridized carbons (Fsp3) is 0.391. The molecule has 2 aromatic carbocycles. The summed E-state index contributed by atoms with van der Waals surface area (Å²) in [5.74, 6) is -1.67. The van der Waals surface area contributed by atoms with E-state index in [9.17, 15) is 22.4 Å². The molecule has 0 radical (unpaired) electrons. The molecule has 1 saturated heterocycles. The summed E-state index contributed by atoms with van der Waals surface area (Å²) in [7, 11) is -3.70. The number of carbonyl (C=O) groups is 2. The molecule has 0 aromatic heterocycles. The molecule has 32 heavy (non-hydrogen) atoms. The maximum Gasteiger partial charge on any atom is 0.338 e. The van der Waals surface area contributed by atoms with Crippen molar-refractivity contribution in [1.29, 1.82) is 0 Å². The van der Waals surface area contributed by atoms with Gasteiger partial charge in [0.15, 0.2) is 6.61 Å². The predicted molar refractivity (Wildman–Crippen MR) is 117 cm³/mol. The monoisotopic (exact) mass is 462 g/mol. The van der Waals surface area contributed by atoms with Crippen LogP contribution < -0.4 is 5.32 Å². The van der Waals surface area contributed by atoms with Crippen LogP contribution in [-0.4, -0.2) is 44.3 Å². The van der Waals surface area contributed by atoms with Crippen LogP contribution in [0, 0.1) is 12.7 Å². The van der Waals surface area contributed by atoms with E-state index in [0.29, 0.717) is 24.2 Å². The summed E-state index contributed by atoms with van der Waals surface area (Å²) in [4.78, 5) is 24.8. The van der Waals surface area contributed by atoms with E-state index in [1.807, 2.05) is 0 Å². The van der Waals surface area contributed by atoms with Gasteiger partial charge >= 0.3 is 5.97 Å². The molecule has 0 saturated carbocycles. The SMILES string of the molecule is Cc1ccc(S(=O)(=O)N2CCCCC2)cc1C(=O)OCC(=O)N[C@H](C)c1ccc(F)cc1. The second-order valence-corrected chi connectivity index (χ2v) is 9.80. The van der Waals surface area contributed by atoms with E-state index in [2.05, 4.69) is 5.32 Å². The van der Waals surface area contributed by atoms with Gasteiger partial charge < -0.3 is 10.1 Å². The number of sulfonamides is 1. The summed E-state index contributed by atoms with van der Waals surface area (Å²) in [5, 5.41) is 2.67. The largest absolute Gasteiger partial charge is 0.452 e. The predicted octanol–water partition coefficient (Wildman–Crippen LogP) is 3.34. The topological polar surface area (TPSA) is 92.8 Å². The molecule has 1 N–H and O–H groups in total. The van der Waals surface area contributed by atoms with Gasteiger partial charge in [-0.1, -0.05) is 24.6 Å². The van der Waals surface area contributed by atoms with E-state index in [1.54, 1.807) is 32.0 Å². The quantitative estimate of drug-likeness (QED) is 0.637. The number of nitrogens with zero attached hydrogens (tertiary/aromatic N) is 1. The maximum atomic E-state index is 13.0. The van der Waals surface area contributed by atoms with Crippen LogP contribution in [0.1, 0.15) is 53.7 Å². The molecule has 1 fully saturated rings. The van der Waals surface area contributed by atoms with Gasteiger partial charge in [-0.15, -0.1) is 0 Å². The third-order valence-electron chi connectivity index (χ3n) is 5.46. The number of hydrogen-bond acceptors (Lipinski definition) is 5. The van der Waals surface area contributed by atoms with Gasteiger partial charge in [0.25, 0.3) is 5.91 Å². The van der Waals surface area contributed by atoms with Crippen LogP contribution in [0.25, 0.3) is 0 Å². The van der Waals surface area contributed by atoms with E-state index in [4.69, 9.17) is 4.74 Å². The Morgan fingerprint density at radius 1 is 1.09 bits per heavy atom. The molecule has 1 aliphatic rings. The Kier molecular flexibility index (Phi) is 7.63. The van der Waals surface area contributed by atoms with E-state index in [0.717, 1.165) is 19.3 Å². The van der Waals surface area contributed by atoms with Crippen molar-refractivity contribution >= 4 is 21.9 Å². The number of amides is 1. The Balaban J connectivity index is 1.64. The summed E-state index contributed by atoms with van der Waals surface area (Å²) < 4.78 is 45.4. The lowest BCUT2D eigenvalue weighted by Crippen LogP contribution is -2.35. The number of ether oxygens (including phenoxy) is 1. The molecule has 0 unspecified atom stereocenters. The Bertz CT molecular complexity index is 1080. The molecule has 2 aromatic rings. The lowest BCUT2D eigenvalue weighted by molar-refractivity contribution is -0.124. The zero-order chi connectivity index (χ0) is 23.3. The minimum Gasteiger partial charge on any atom is -0.452 e. The molecule has 9 heteroatoms. The molecule has 1 amide bonds. The molecule has 172 valence electrons. The highest BCUT2D eigenvalue weighted by atomic mass is 32.2. The number of hydrogen-bond donors (Lipinski definition) is 1. The van der Waals surface area contributed by atoms with Crippen LogP contribution >= 0.6 is 0 Å². The highest BCUT2D eigenvalue weighted by Gasteiger charge is 2.27. The van der Waals surface area contributed by atoms with E-state index in [1.165, 1.54) is 28.6 Å². The van der Waals surface area contributed by atoms with E-state index >= 15 is 0 Å². The highest BCUT2D eigenvalue weighted by molar-refractivity contribution is 7.89. The zero-order valence-corrected chi connectivity index (χ0v) is 19.0. The van der Waals surface area contributed by atoms with Gasteiger partial charge in [-0.3, -0.25) is 4.79 Å². The van der Waals surface area contributed by atoms with Crippen molar-refractivity contribution in [2.45, 2.75) is 44.0 Å². The highest BCUT2D eigenvalue weighted by Crippen LogP contribution is 2.23. The summed E-state index contributed by atoms with van der Waals surface area (Å²) in [6.45, 7) is 3.80. The Hall–Kier alpha value is -2.78. The van der Waals surface area contributed by atoms with Crippen molar-refractivity contribution < 1.29 is 27.1 Å². The van der Waals surface area contributed by atoms with Crippen molar-refractivity contribution in [3.8, 4) is 0 Å². The van der Waals surface area contributed by atoms with Crippen molar-refractivity contribution in [2.24, 2.45) is 0 Å². The normalized spacial score (nSPS) is 15.7. The third-order valence-corrected chi connectivity index (χ3v) is 7.36. The second kappa shape index (κ2) is 10.2. The second-order valence-electron chi connectivity index (χ2n) is 7.86. The fourth-order valence-corrected chi connectivity index (χ4v) is 5.11. The van der Waals surface area contributed by atoms with Crippen molar-refractivity contribution in [2.75, 3.05) is 19.7 Å². The van der Waals surface area contributed by atoms with Crippen molar-refractivity contribution in [1.82, 2.24) is 9.62 Å². The first-order valence-electron chi connectivity index (χ1n) is 10.5. The van der Waals surface area contributed by atoms with Gasteiger partial charge in [-0.05, 0) is 62.1 Å². The number of aryl methyl sites for hydroxylation is 1. The Labute approximate surface area is 187 Å². The van der Waals surface area contributed by atoms with Gasteiger partial charge in [0.2, 0.25) is 10.0 Å². The van der Waals surface area contributed by atoms with Crippen LogP contribution in [0.4, 0.5) is 4.39 Å². The van der Waals surface area contributed by atoms with Gasteiger partial charge in [0.05, 0.1) is 16.5 Å². The molecule has 0 spiro atoms. The summed E-state index contributed by atoms with van der Waals surface area (Å²) >= 11 is 0. The smallest absolute Gasteiger partial charge is 0.338 e. The number of rotatable bonds is 7. The van der Waals surface area contributed by atoms with Gasteiger partial charge in [0, 0.05) is 13.1 Å². The van der Waals surface area contributed by atoms with Crippen LogP contribution in [-0.2, 0) is 19.6 Å². The third kappa shape index (κ3) is 5.72. The molecule has 7 nitrogen and oxygen atoms in total. The maximum absolute atomic E-state index is 13.0. The summed E-state index contributed by atoms with van der Waals surface area (Å²) in [5.41, 5.74) is 1.35. The minimum atomic E-state index is -3.70. The van der Waals surface area contributed by atoms with Crippen molar-refractivity contribution in [3.63, 3.8) is 0 Å². The number of esters is 1. The Morgan fingerprint density at radius 2 is 1.75 bits per heavy atom. The number of nitrogens with one attached hydrogen (secondary N) is 1. The number of piperidine rings is 1. The molecule has 1 heterocycles. The van der Waals surface area contributed by atoms with Crippen LogP contribution in [0.2, 0.25) is 0 Å². The first kappa shape index (κ1) is 23.9. The van der Waals surface area contributed by atoms with E-state index in [-0.39, 0.29) is 16.3 Å². The van der Waals surface area contributed by atoms with Gasteiger partial charge in [0.1, 0.15) is 5.82 Å². The first-order chi connectivity index (χ1) is 15.2. The van der Waals surface area contributed by atoms with Crippen LogP contribution in [0.3, 0.4) is 0 Å². The zero-order valence-electron chi connectivity index (χ0n) is 18.1. The first-order valence-corrected chi connectivity index (χ1v) is 12.0. The average Bonchev–Trinajstić information content (AvgIpc) is 2.78. The lowest BCUT2D eigenvalue weighted by atomic mass is 10.1. The van der Waals surface area contributed by atoms with Crippen molar-refractivity contribution in [3.05, 3.63) is 65.0 Å². The number of halogens is 1. The fourth-order valence-electron chi connectivity index (χ4n) is 3.56. The molecule has 1 aliphatic heterocycles. The van der Waals surface area contributed by atoms with E-state index < -0.39 is 34.5 Å². The lowest BCUT2D eigenvalue weighted by Gasteiger charge is -2.26. The molecule has 0 bridgehead atoms. The molecular formula is C23H27FN2O5S. The standard InChI is InChI=1S/C23H27FN2O5S/c1-16-6-11-20(32(29,30)26-12-4-3-5-13-26)14-21(16)23(28)31-15-22(27)25-17(2)18-7-9-19(24)10-8-18/h6-11,14,17H,3-5,12-13,15H2,1-2H3,(H,25,27)/t17-/m1/s1. The molecular weight excluding hydrogens is 435 g/mol. The minimum absolute atomic E-state index is 0.0336. The number of benzene rings is 2. The van der Waals surface area contributed by atoms with Crippen LogP contribution in [0.15, 0.2) is 47.4 Å². The molecule has 1 atom stereocenters. The number of carbonyl (C=O) groups excluding carboxylic acids is 2. The van der Waals surface area contributed by atoms with Gasteiger partial charge in [-0.2, -0.15) is 4.31 Å². The summed E-state index contributed by atoms with van der Waals surface area (Å²) in [6, 6.07) is 9.66. The molecule has 0 aliphatic carbocycles. The van der Waals surface area contributed by atoms with Gasteiger partial charge in [-0.25, -0.2) is 17.6 Å². The Morgan fingerprint density at radius 3 is 2.41 bits per heavy atom. The summed E-state index contributed by atoms with van der Waals surface area (Å²) in [6.07, 6.45) is 2.62. The van der Waals surface area contributed by atoms with Crippen LogP contribution in [0.5, 0.6) is 0 Å². The molecule has 3 rings (SSSR count).